The summed E-state index contributed by atoms with van der Waals surface area (Å²) in [5.41, 5.74) is -0.435. The maximum atomic E-state index is 12.1. The molecule has 1 fully saturated rings. The van der Waals surface area contributed by atoms with Gasteiger partial charge in [0.15, 0.2) is 0 Å². The van der Waals surface area contributed by atoms with Crippen LogP contribution in [0.15, 0.2) is 6.20 Å². The number of hydrogen-bond donors (Lipinski definition) is 2. The van der Waals surface area contributed by atoms with Crippen molar-refractivity contribution in [3.8, 4) is 0 Å². The third-order valence-electron chi connectivity index (χ3n) is 4.57. The molecule has 0 aromatic carbocycles. The van der Waals surface area contributed by atoms with Crippen LogP contribution in [0.2, 0.25) is 0 Å². The Labute approximate surface area is 143 Å². The van der Waals surface area contributed by atoms with E-state index in [1.54, 1.807) is 11.3 Å². The minimum absolute atomic E-state index is 0.103. The Balaban J connectivity index is 1.69. The SMILES string of the molecule is CCN1CCC(CCNC(=O)NC(C)(C)c2ncc(C)s2)CC1. The molecule has 2 heterocycles. The number of carbonyl (C=O) groups is 1. The Hall–Kier alpha value is -1.14. The van der Waals surface area contributed by atoms with E-state index in [1.807, 2.05) is 27.0 Å². The molecule has 1 aromatic rings. The molecule has 0 radical (unpaired) electrons. The molecule has 0 spiro atoms. The van der Waals surface area contributed by atoms with Crippen molar-refractivity contribution in [2.75, 3.05) is 26.2 Å². The molecular formula is C17H30N4OS. The van der Waals surface area contributed by atoms with Gasteiger partial charge in [-0.05, 0) is 65.6 Å². The van der Waals surface area contributed by atoms with Gasteiger partial charge in [-0.1, -0.05) is 6.92 Å². The minimum atomic E-state index is -0.435. The lowest BCUT2D eigenvalue weighted by Crippen LogP contribution is -2.47. The van der Waals surface area contributed by atoms with Gasteiger partial charge in [-0.3, -0.25) is 0 Å². The molecule has 2 rings (SSSR count). The van der Waals surface area contributed by atoms with Crippen molar-refractivity contribution >= 4 is 17.4 Å². The predicted molar refractivity (Wildman–Crippen MR) is 95.9 cm³/mol. The van der Waals surface area contributed by atoms with Crippen molar-refractivity contribution in [1.29, 1.82) is 0 Å². The molecule has 2 amide bonds. The van der Waals surface area contributed by atoms with Crippen molar-refractivity contribution in [3.05, 3.63) is 16.1 Å². The van der Waals surface area contributed by atoms with Gasteiger partial charge in [-0.25, -0.2) is 9.78 Å². The van der Waals surface area contributed by atoms with E-state index in [0.29, 0.717) is 0 Å². The molecule has 1 aromatic heterocycles. The van der Waals surface area contributed by atoms with Crippen molar-refractivity contribution in [2.24, 2.45) is 5.92 Å². The first-order valence-electron chi connectivity index (χ1n) is 8.62. The summed E-state index contributed by atoms with van der Waals surface area (Å²) < 4.78 is 0. The van der Waals surface area contributed by atoms with Gasteiger partial charge in [0.05, 0.1) is 5.54 Å². The van der Waals surface area contributed by atoms with Crippen molar-refractivity contribution in [1.82, 2.24) is 20.5 Å². The number of piperidine rings is 1. The lowest BCUT2D eigenvalue weighted by Gasteiger charge is -2.31. The molecule has 1 aliphatic heterocycles. The van der Waals surface area contributed by atoms with Crippen LogP contribution in [0.1, 0.15) is 49.9 Å². The Morgan fingerprint density at radius 2 is 2.13 bits per heavy atom. The van der Waals surface area contributed by atoms with Crippen LogP contribution in [0, 0.1) is 12.8 Å². The quantitative estimate of drug-likeness (QED) is 0.838. The largest absolute Gasteiger partial charge is 0.338 e. The predicted octanol–water partition coefficient (Wildman–Crippen LogP) is 3.11. The second kappa shape index (κ2) is 8.11. The molecule has 0 aliphatic carbocycles. The molecule has 2 N–H and O–H groups in total. The topological polar surface area (TPSA) is 57.3 Å². The van der Waals surface area contributed by atoms with E-state index in [9.17, 15) is 4.79 Å². The summed E-state index contributed by atoms with van der Waals surface area (Å²) in [6.45, 7) is 12.5. The van der Waals surface area contributed by atoms with Crippen LogP contribution in [0.3, 0.4) is 0 Å². The van der Waals surface area contributed by atoms with Gasteiger partial charge in [0.2, 0.25) is 0 Å². The van der Waals surface area contributed by atoms with E-state index in [1.165, 1.54) is 25.9 Å². The molecule has 130 valence electrons. The molecule has 23 heavy (non-hydrogen) atoms. The monoisotopic (exact) mass is 338 g/mol. The Morgan fingerprint density at radius 1 is 1.43 bits per heavy atom. The second-order valence-corrected chi connectivity index (χ2v) is 8.18. The fourth-order valence-electron chi connectivity index (χ4n) is 3.01. The third-order valence-corrected chi connectivity index (χ3v) is 5.81. The van der Waals surface area contributed by atoms with Crippen molar-refractivity contribution in [2.45, 2.75) is 52.5 Å². The first kappa shape index (κ1) is 18.2. The number of aryl methyl sites for hydroxylation is 1. The molecule has 6 heteroatoms. The van der Waals surface area contributed by atoms with Gasteiger partial charge in [0.1, 0.15) is 5.01 Å². The summed E-state index contributed by atoms with van der Waals surface area (Å²) in [6.07, 6.45) is 5.42. The molecule has 1 aliphatic rings. The van der Waals surface area contributed by atoms with Crippen molar-refractivity contribution < 1.29 is 4.79 Å². The number of carbonyl (C=O) groups excluding carboxylic acids is 1. The molecular weight excluding hydrogens is 308 g/mol. The van der Waals surface area contributed by atoms with Gasteiger partial charge in [-0.2, -0.15) is 0 Å². The lowest BCUT2D eigenvalue weighted by molar-refractivity contribution is 0.185. The number of likely N-dealkylation sites (tertiary alicyclic amines) is 1. The summed E-state index contributed by atoms with van der Waals surface area (Å²) in [7, 11) is 0. The molecule has 0 atom stereocenters. The zero-order valence-electron chi connectivity index (χ0n) is 14.8. The summed E-state index contributed by atoms with van der Waals surface area (Å²) in [4.78, 5) is 20.2. The van der Waals surface area contributed by atoms with Crippen LogP contribution in [0.5, 0.6) is 0 Å². The minimum Gasteiger partial charge on any atom is -0.338 e. The highest BCUT2D eigenvalue weighted by molar-refractivity contribution is 7.11. The highest BCUT2D eigenvalue weighted by Gasteiger charge is 2.26. The Bertz CT molecular complexity index is 506. The van der Waals surface area contributed by atoms with E-state index in [4.69, 9.17) is 0 Å². The molecule has 1 saturated heterocycles. The standard InChI is InChI=1S/C17H30N4OS/c1-5-21-10-7-14(8-11-21)6-9-18-16(22)20-17(3,4)15-19-12-13(2)23-15/h12,14H,5-11H2,1-4H3,(H2,18,20,22). The average Bonchev–Trinajstić information content (AvgIpc) is 2.95. The smallest absolute Gasteiger partial charge is 0.315 e. The van der Waals surface area contributed by atoms with Crippen LogP contribution in [0.25, 0.3) is 0 Å². The summed E-state index contributed by atoms with van der Waals surface area (Å²) in [5.74, 6) is 0.743. The Morgan fingerprint density at radius 3 is 2.70 bits per heavy atom. The van der Waals surface area contributed by atoms with Crippen LogP contribution < -0.4 is 10.6 Å². The van der Waals surface area contributed by atoms with Gasteiger partial charge in [0, 0.05) is 17.6 Å². The number of urea groups is 1. The zero-order chi connectivity index (χ0) is 16.9. The number of nitrogens with zero attached hydrogens (tertiary/aromatic N) is 2. The summed E-state index contributed by atoms with van der Waals surface area (Å²) in [6, 6.07) is -0.103. The Kier molecular flexibility index (Phi) is 6.41. The van der Waals surface area contributed by atoms with E-state index < -0.39 is 5.54 Å². The highest BCUT2D eigenvalue weighted by Crippen LogP contribution is 2.24. The number of nitrogens with one attached hydrogen (secondary N) is 2. The fourth-order valence-corrected chi connectivity index (χ4v) is 3.83. The third kappa shape index (κ3) is 5.46. The van der Waals surface area contributed by atoms with Gasteiger partial charge < -0.3 is 15.5 Å². The molecule has 0 unspecified atom stereocenters. The fraction of sp³-hybridized carbons (Fsp3) is 0.765. The number of aromatic nitrogens is 1. The van der Waals surface area contributed by atoms with Crippen molar-refractivity contribution in [3.63, 3.8) is 0 Å². The van der Waals surface area contributed by atoms with E-state index in [0.717, 1.165) is 35.3 Å². The normalized spacial score (nSPS) is 17.2. The van der Waals surface area contributed by atoms with Crippen LogP contribution in [-0.2, 0) is 5.54 Å². The highest BCUT2D eigenvalue weighted by atomic mass is 32.1. The van der Waals surface area contributed by atoms with Gasteiger partial charge >= 0.3 is 6.03 Å². The first-order chi connectivity index (χ1) is 10.9. The average molecular weight is 339 g/mol. The van der Waals surface area contributed by atoms with Gasteiger partial charge in [0.25, 0.3) is 0 Å². The first-order valence-corrected chi connectivity index (χ1v) is 9.43. The second-order valence-electron chi connectivity index (χ2n) is 6.95. The molecule has 0 saturated carbocycles. The zero-order valence-corrected chi connectivity index (χ0v) is 15.6. The van der Waals surface area contributed by atoms with Crippen LogP contribution >= 0.6 is 11.3 Å². The van der Waals surface area contributed by atoms with Crippen LogP contribution in [0.4, 0.5) is 4.79 Å². The van der Waals surface area contributed by atoms with Crippen LogP contribution in [-0.4, -0.2) is 42.1 Å². The number of amides is 2. The van der Waals surface area contributed by atoms with E-state index in [-0.39, 0.29) is 6.03 Å². The maximum absolute atomic E-state index is 12.1. The molecule has 0 bridgehead atoms. The van der Waals surface area contributed by atoms with Gasteiger partial charge in [-0.15, -0.1) is 11.3 Å². The lowest BCUT2D eigenvalue weighted by atomic mass is 9.93. The van der Waals surface area contributed by atoms with E-state index >= 15 is 0 Å². The van der Waals surface area contributed by atoms with E-state index in [2.05, 4.69) is 27.4 Å². The number of thiazole rings is 1. The summed E-state index contributed by atoms with van der Waals surface area (Å²) >= 11 is 1.63. The summed E-state index contributed by atoms with van der Waals surface area (Å²) in [5, 5.41) is 6.97. The number of hydrogen-bond acceptors (Lipinski definition) is 4. The maximum Gasteiger partial charge on any atom is 0.315 e. The number of rotatable bonds is 6. The molecule has 5 nitrogen and oxygen atoms in total.